The van der Waals surface area contributed by atoms with E-state index >= 15 is 0 Å². The smallest absolute Gasteiger partial charge is 1.00 e. The van der Waals surface area contributed by atoms with Crippen molar-refractivity contribution in [3.63, 3.8) is 0 Å². The molecule has 0 nitrogen and oxygen atoms in total. The van der Waals surface area contributed by atoms with Gasteiger partial charge in [0, 0.05) is 0 Å². The van der Waals surface area contributed by atoms with Crippen LogP contribution in [0.4, 0.5) is 0 Å². The molecule has 0 aliphatic heterocycles. The molecule has 112 valence electrons. The first-order valence-corrected chi connectivity index (χ1v) is 9.70. The average Bonchev–Trinajstić information content (AvgIpc) is 3.04. The molecule has 0 saturated carbocycles. The molecule has 0 N–H and O–H groups in total. The summed E-state index contributed by atoms with van der Waals surface area (Å²) in [4.78, 5) is 0. The van der Waals surface area contributed by atoms with Crippen LogP contribution in [0.5, 0.6) is 0 Å². The summed E-state index contributed by atoms with van der Waals surface area (Å²) in [6.45, 7) is 4.40. The van der Waals surface area contributed by atoms with Crippen LogP contribution < -0.4 is 24.8 Å². The summed E-state index contributed by atoms with van der Waals surface area (Å²) in [5.74, 6) is 0. The fraction of sp³-hybridized carbons (Fsp3) is 0.333. The van der Waals surface area contributed by atoms with Crippen LogP contribution in [0.2, 0.25) is 0 Å². The number of allylic oxidation sites excluding steroid dienone is 12. The molecule has 0 unspecified atom stereocenters. The summed E-state index contributed by atoms with van der Waals surface area (Å²) in [6, 6.07) is 0. The Morgan fingerprint density at radius 2 is 1.29 bits per heavy atom. The van der Waals surface area contributed by atoms with E-state index in [0.29, 0.717) is 0 Å². The summed E-state index contributed by atoms with van der Waals surface area (Å²) in [7, 11) is 0. The van der Waals surface area contributed by atoms with Crippen LogP contribution in [0.1, 0.15) is 39.5 Å². The first-order chi connectivity index (χ1) is 9.35. The Bertz CT molecular complexity index is 459. The van der Waals surface area contributed by atoms with Gasteiger partial charge in [-0.15, -0.1) is 0 Å². The normalized spacial score (nSPS) is 16.9. The van der Waals surface area contributed by atoms with Gasteiger partial charge in [-0.25, -0.2) is 0 Å². The Labute approximate surface area is 153 Å². The third kappa shape index (κ3) is 6.27. The molecular weight excluding hydrogens is 378 g/mol. The van der Waals surface area contributed by atoms with Gasteiger partial charge in [-0.3, -0.25) is 0 Å². The first kappa shape index (κ1) is 20.9. The van der Waals surface area contributed by atoms with Crippen LogP contribution >= 0.6 is 0 Å². The van der Waals surface area contributed by atoms with E-state index in [1.165, 1.54) is 24.0 Å². The minimum absolute atomic E-state index is 0. The van der Waals surface area contributed by atoms with Crippen molar-refractivity contribution >= 4 is 0 Å². The average molecular weight is 401 g/mol. The summed E-state index contributed by atoms with van der Waals surface area (Å²) >= 11 is -0.565. The van der Waals surface area contributed by atoms with Gasteiger partial charge in [0.25, 0.3) is 0 Å². The molecule has 0 radical (unpaired) electrons. The third-order valence-electron chi connectivity index (χ3n) is 3.30. The van der Waals surface area contributed by atoms with E-state index in [2.05, 4.69) is 62.5 Å². The monoisotopic (exact) mass is 398 g/mol. The van der Waals surface area contributed by atoms with Gasteiger partial charge in [0.15, 0.2) is 0 Å². The third-order valence-corrected chi connectivity index (χ3v) is 7.21. The summed E-state index contributed by atoms with van der Waals surface area (Å²) in [5.41, 5.74) is 3.01. The van der Waals surface area contributed by atoms with E-state index in [1.807, 2.05) is 0 Å². The Hall–Kier alpha value is -0.0969. The van der Waals surface area contributed by atoms with Crippen molar-refractivity contribution in [3.8, 4) is 0 Å². The molecule has 2 aliphatic carbocycles. The van der Waals surface area contributed by atoms with Crippen LogP contribution in [-0.4, -0.2) is 0 Å². The summed E-state index contributed by atoms with van der Waals surface area (Å²) in [5, 5.41) is 0. The molecule has 0 atom stereocenters. The fourth-order valence-corrected chi connectivity index (χ4v) is 5.78. The molecule has 21 heavy (non-hydrogen) atoms. The Morgan fingerprint density at radius 1 is 0.857 bits per heavy atom. The second-order valence-corrected chi connectivity index (χ2v) is 8.41. The van der Waals surface area contributed by atoms with Crippen LogP contribution in [0.3, 0.4) is 0 Å². The molecule has 0 aromatic rings. The van der Waals surface area contributed by atoms with Gasteiger partial charge in [-0.1, -0.05) is 0 Å². The largest absolute Gasteiger partial charge is 1.00 e. The topological polar surface area (TPSA) is 0 Å². The van der Waals surface area contributed by atoms with E-state index in [1.54, 1.807) is 6.56 Å². The zero-order chi connectivity index (χ0) is 13.5. The van der Waals surface area contributed by atoms with E-state index in [9.17, 15) is 0 Å². The second-order valence-electron chi connectivity index (χ2n) is 4.83. The zero-order valence-corrected chi connectivity index (χ0v) is 16.7. The van der Waals surface area contributed by atoms with Crippen LogP contribution in [0.25, 0.3) is 0 Å². The van der Waals surface area contributed by atoms with Crippen molar-refractivity contribution in [2.45, 2.75) is 39.5 Å². The molecule has 0 aromatic carbocycles. The van der Waals surface area contributed by atoms with Crippen molar-refractivity contribution < 1.29 is 48.0 Å². The molecule has 0 amide bonds. The SMILES string of the molecule is CC/C=C/C1=[C]([Zr+2][C]2=C(/C=C/CC)C=CC2)CC=C1.[Cl-].[Cl-]. The van der Waals surface area contributed by atoms with Crippen LogP contribution in [-0.2, 0) is 23.2 Å². The van der Waals surface area contributed by atoms with Gasteiger partial charge >= 0.3 is 129 Å². The summed E-state index contributed by atoms with van der Waals surface area (Å²) < 4.78 is 3.49. The predicted octanol–water partition coefficient (Wildman–Crippen LogP) is -0.563. The maximum atomic E-state index is 2.33. The molecule has 0 saturated heterocycles. The molecule has 0 fully saturated rings. The molecule has 2 aliphatic rings. The van der Waals surface area contributed by atoms with E-state index < -0.39 is 23.2 Å². The van der Waals surface area contributed by atoms with Crippen molar-refractivity contribution in [1.82, 2.24) is 0 Å². The molecule has 0 aromatic heterocycles. The predicted molar refractivity (Wildman–Crippen MR) is 80.4 cm³/mol. The maximum Gasteiger partial charge on any atom is -1.00 e. The van der Waals surface area contributed by atoms with Crippen LogP contribution in [0, 0.1) is 0 Å². The van der Waals surface area contributed by atoms with Gasteiger partial charge in [-0.2, -0.15) is 0 Å². The standard InChI is InChI=1S/2C9H11.2ClH.Zr/c2*1-2-3-6-9-7-4-5-8-9;;;/h2*3-4,6-7H,2,5H2,1H3;2*1H;/q;;;;+2/p-2/b2*6-3+;;;. The molecule has 3 heteroatoms. The molecule has 0 spiro atoms. The molecule has 0 heterocycles. The summed E-state index contributed by atoms with van der Waals surface area (Å²) in [6.07, 6.45) is 23.1. The Kier molecular flexibility index (Phi) is 11.4. The fourth-order valence-electron chi connectivity index (χ4n) is 2.27. The second kappa shape index (κ2) is 11.5. The molecule has 0 bridgehead atoms. The Morgan fingerprint density at radius 3 is 1.67 bits per heavy atom. The van der Waals surface area contributed by atoms with Crippen LogP contribution in [0.15, 0.2) is 66.3 Å². The molecule has 2 rings (SSSR count). The minimum atomic E-state index is -0.565. The quantitative estimate of drug-likeness (QED) is 0.561. The van der Waals surface area contributed by atoms with Gasteiger partial charge in [0.2, 0.25) is 0 Å². The van der Waals surface area contributed by atoms with Crippen molar-refractivity contribution in [2.75, 3.05) is 0 Å². The Balaban J connectivity index is 0.00000200. The maximum absolute atomic E-state index is 2.33. The number of hydrogen-bond acceptors (Lipinski definition) is 0. The van der Waals surface area contributed by atoms with E-state index in [-0.39, 0.29) is 24.8 Å². The number of rotatable bonds is 6. The number of halogens is 2. The first-order valence-electron chi connectivity index (χ1n) is 7.24. The van der Waals surface area contributed by atoms with Crippen molar-refractivity contribution in [2.24, 2.45) is 0 Å². The van der Waals surface area contributed by atoms with Gasteiger partial charge in [-0.05, 0) is 0 Å². The van der Waals surface area contributed by atoms with Crippen molar-refractivity contribution in [3.05, 3.63) is 66.3 Å². The van der Waals surface area contributed by atoms with Gasteiger partial charge in [0.1, 0.15) is 0 Å². The number of hydrogen-bond donors (Lipinski definition) is 0. The van der Waals surface area contributed by atoms with E-state index in [4.69, 9.17) is 0 Å². The zero-order valence-electron chi connectivity index (χ0n) is 12.7. The van der Waals surface area contributed by atoms with Crippen molar-refractivity contribution in [1.29, 1.82) is 0 Å². The minimum Gasteiger partial charge on any atom is -1.00 e. The van der Waals surface area contributed by atoms with Gasteiger partial charge in [0.05, 0.1) is 0 Å². The van der Waals surface area contributed by atoms with E-state index in [0.717, 1.165) is 12.8 Å². The molecular formula is C18H22Cl2Zr. The van der Waals surface area contributed by atoms with Gasteiger partial charge < -0.3 is 24.8 Å².